The SMILES string of the molecule is CCC(=O)N(C)C[C@H]1Oc2cc(C3=CCCCC3)ccc2S(=O)(=O)N([C@H](C)CO)C[C@H]1C. The number of sulfonamides is 1. The highest BCUT2D eigenvalue weighted by atomic mass is 32.2. The van der Waals surface area contributed by atoms with E-state index in [1.807, 2.05) is 26.0 Å². The average Bonchev–Trinajstić information content (AvgIpc) is 2.80. The van der Waals surface area contributed by atoms with Gasteiger partial charge >= 0.3 is 0 Å². The van der Waals surface area contributed by atoms with Crippen molar-refractivity contribution >= 4 is 21.5 Å². The molecule has 1 N–H and O–H groups in total. The number of hydrogen-bond acceptors (Lipinski definition) is 5. The zero-order valence-corrected chi connectivity index (χ0v) is 20.4. The first-order valence-corrected chi connectivity index (χ1v) is 13.0. The maximum absolute atomic E-state index is 13.5. The van der Waals surface area contributed by atoms with E-state index in [2.05, 4.69) is 6.08 Å². The summed E-state index contributed by atoms with van der Waals surface area (Å²) in [5.41, 5.74) is 2.19. The molecule has 2 aliphatic rings. The molecule has 0 aromatic heterocycles. The van der Waals surface area contributed by atoms with Crippen molar-refractivity contribution in [3.05, 3.63) is 29.8 Å². The summed E-state index contributed by atoms with van der Waals surface area (Å²) in [7, 11) is -2.11. The molecule has 0 fully saturated rings. The highest BCUT2D eigenvalue weighted by molar-refractivity contribution is 7.89. The summed E-state index contributed by atoms with van der Waals surface area (Å²) in [5.74, 6) is 0.145. The highest BCUT2D eigenvalue weighted by Crippen LogP contribution is 2.37. The summed E-state index contributed by atoms with van der Waals surface area (Å²) < 4.78 is 34.8. The van der Waals surface area contributed by atoms with Gasteiger partial charge in [0, 0.05) is 32.0 Å². The lowest BCUT2D eigenvalue weighted by Crippen LogP contribution is -2.50. The summed E-state index contributed by atoms with van der Waals surface area (Å²) in [5, 5.41) is 9.75. The third-order valence-electron chi connectivity index (χ3n) is 6.51. The van der Waals surface area contributed by atoms with Crippen LogP contribution in [0.25, 0.3) is 5.57 Å². The number of nitrogens with zero attached hydrogens (tertiary/aromatic N) is 2. The number of allylic oxidation sites excluding steroid dienone is 2. The highest BCUT2D eigenvalue weighted by Gasteiger charge is 2.38. The van der Waals surface area contributed by atoms with E-state index in [4.69, 9.17) is 4.74 Å². The van der Waals surface area contributed by atoms with Crippen molar-refractivity contribution < 1.29 is 23.1 Å². The number of ether oxygens (including phenoxy) is 1. The Kier molecular flexibility index (Phi) is 8.01. The van der Waals surface area contributed by atoms with Crippen molar-refractivity contribution in [1.29, 1.82) is 0 Å². The first-order valence-electron chi connectivity index (χ1n) is 11.6. The minimum absolute atomic E-state index is 0.0115. The molecule has 32 heavy (non-hydrogen) atoms. The summed E-state index contributed by atoms with van der Waals surface area (Å²) >= 11 is 0. The van der Waals surface area contributed by atoms with Gasteiger partial charge in [-0.15, -0.1) is 0 Å². The molecule has 1 aromatic rings. The molecule has 0 spiro atoms. The fourth-order valence-electron chi connectivity index (χ4n) is 4.39. The van der Waals surface area contributed by atoms with Gasteiger partial charge in [0.1, 0.15) is 16.7 Å². The summed E-state index contributed by atoms with van der Waals surface area (Å²) in [6.07, 6.45) is 6.52. The Morgan fingerprint density at radius 2 is 2.09 bits per heavy atom. The van der Waals surface area contributed by atoms with Crippen molar-refractivity contribution in [2.24, 2.45) is 5.92 Å². The number of aliphatic hydroxyl groups is 1. The van der Waals surface area contributed by atoms with Crippen LogP contribution in [-0.4, -0.2) is 67.5 Å². The van der Waals surface area contributed by atoms with Gasteiger partial charge in [0.25, 0.3) is 0 Å². The predicted molar refractivity (Wildman–Crippen MR) is 125 cm³/mol. The van der Waals surface area contributed by atoms with E-state index in [0.29, 0.717) is 18.7 Å². The molecule has 0 bridgehead atoms. The lowest BCUT2D eigenvalue weighted by Gasteiger charge is -2.37. The number of aliphatic hydroxyl groups excluding tert-OH is 1. The second-order valence-electron chi connectivity index (χ2n) is 9.00. The fraction of sp³-hybridized carbons (Fsp3) is 0.625. The van der Waals surface area contributed by atoms with Crippen LogP contribution in [0.15, 0.2) is 29.2 Å². The Morgan fingerprint density at radius 3 is 2.72 bits per heavy atom. The average molecular weight is 465 g/mol. The monoisotopic (exact) mass is 464 g/mol. The van der Waals surface area contributed by atoms with E-state index in [9.17, 15) is 18.3 Å². The second-order valence-corrected chi connectivity index (χ2v) is 10.9. The maximum Gasteiger partial charge on any atom is 0.247 e. The van der Waals surface area contributed by atoms with Gasteiger partial charge in [-0.2, -0.15) is 4.31 Å². The Morgan fingerprint density at radius 1 is 1.34 bits per heavy atom. The van der Waals surface area contributed by atoms with E-state index in [-0.39, 0.29) is 36.0 Å². The maximum atomic E-state index is 13.5. The fourth-order valence-corrected chi connectivity index (χ4v) is 6.21. The molecule has 0 saturated carbocycles. The second kappa shape index (κ2) is 10.4. The van der Waals surface area contributed by atoms with Gasteiger partial charge in [-0.1, -0.05) is 26.0 Å². The lowest BCUT2D eigenvalue weighted by atomic mass is 9.93. The molecule has 0 unspecified atom stereocenters. The van der Waals surface area contributed by atoms with Gasteiger partial charge in [-0.25, -0.2) is 8.42 Å². The molecular weight excluding hydrogens is 428 g/mol. The van der Waals surface area contributed by atoms with Gasteiger partial charge in [-0.3, -0.25) is 4.79 Å². The van der Waals surface area contributed by atoms with Crippen LogP contribution in [0.5, 0.6) is 5.75 Å². The van der Waals surface area contributed by atoms with Gasteiger partial charge in [0.15, 0.2) is 0 Å². The van der Waals surface area contributed by atoms with Crippen LogP contribution in [0.4, 0.5) is 0 Å². The van der Waals surface area contributed by atoms with Crippen molar-refractivity contribution in [1.82, 2.24) is 9.21 Å². The number of carbonyl (C=O) groups is 1. The Hall–Kier alpha value is -1.90. The zero-order valence-electron chi connectivity index (χ0n) is 19.6. The molecule has 0 radical (unpaired) electrons. The summed E-state index contributed by atoms with van der Waals surface area (Å²) in [4.78, 5) is 14.0. The van der Waals surface area contributed by atoms with E-state index >= 15 is 0 Å². The lowest BCUT2D eigenvalue weighted by molar-refractivity contribution is -0.131. The van der Waals surface area contributed by atoms with E-state index in [1.54, 1.807) is 24.9 Å². The van der Waals surface area contributed by atoms with Gasteiger partial charge in [0.2, 0.25) is 15.9 Å². The normalized spacial score (nSPS) is 24.3. The van der Waals surface area contributed by atoms with Crippen LogP contribution in [0, 0.1) is 5.92 Å². The van der Waals surface area contributed by atoms with Gasteiger partial charge in [-0.05, 0) is 55.9 Å². The van der Waals surface area contributed by atoms with E-state index < -0.39 is 16.1 Å². The molecule has 3 rings (SSSR count). The number of carbonyl (C=O) groups excluding carboxylic acids is 1. The van der Waals surface area contributed by atoms with Crippen molar-refractivity contribution in [2.75, 3.05) is 26.7 Å². The molecule has 1 aromatic carbocycles. The van der Waals surface area contributed by atoms with Crippen molar-refractivity contribution in [3.8, 4) is 5.75 Å². The van der Waals surface area contributed by atoms with E-state index in [0.717, 1.165) is 24.8 Å². The standard InChI is InChI=1S/C24H36N2O5S/c1-5-24(28)25(4)15-22-17(2)14-26(18(3)16-27)32(29,30)23-12-11-20(13-21(23)31-22)19-9-7-6-8-10-19/h9,11-13,17-18,22,27H,5-8,10,14-16H2,1-4H3/t17-,18-,22-/m1/s1. The van der Waals surface area contributed by atoms with Gasteiger partial charge in [0.05, 0.1) is 13.2 Å². The van der Waals surface area contributed by atoms with Gasteiger partial charge < -0.3 is 14.7 Å². The summed E-state index contributed by atoms with van der Waals surface area (Å²) in [6.45, 7) is 5.75. The third-order valence-corrected chi connectivity index (χ3v) is 8.53. The van der Waals surface area contributed by atoms with Crippen molar-refractivity contribution in [2.45, 2.75) is 69.9 Å². The van der Waals surface area contributed by atoms with Crippen LogP contribution < -0.4 is 4.74 Å². The van der Waals surface area contributed by atoms with E-state index in [1.165, 1.54) is 16.3 Å². The molecule has 7 nitrogen and oxygen atoms in total. The topological polar surface area (TPSA) is 87.2 Å². The Bertz CT molecular complexity index is 959. The molecule has 1 heterocycles. The van der Waals surface area contributed by atoms with Crippen LogP contribution in [-0.2, 0) is 14.8 Å². The van der Waals surface area contributed by atoms with Crippen LogP contribution in [0.3, 0.4) is 0 Å². The number of rotatable bonds is 6. The van der Waals surface area contributed by atoms with Crippen LogP contribution in [0.2, 0.25) is 0 Å². The molecule has 8 heteroatoms. The number of benzene rings is 1. The number of fused-ring (bicyclic) bond motifs is 1. The molecule has 178 valence electrons. The molecule has 1 aliphatic heterocycles. The van der Waals surface area contributed by atoms with Crippen LogP contribution >= 0.6 is 0 Å². The smallest absolute Gasteiger partial charge is 0.247 e. The Balaban J connectivity index is 2.07. The summed E-state index contributed by atoms with van der Waals surface area (Å²) in [6, 6.07) is 4.74. The molecule has 3 atom stereocenters. The first kappa shape index (κ1) is 24.7. The minimum atomic E-state index is -3.86. The minimum Gasteiger partial charge on any atom is -0.487 e. The van der Waals surface area contributed by atoms with Crippen molar-refractivity contribution in [3.63, 3.8) is 0 Å². The Labute approximate surface area is 192 Å². The molecule has 1 amide bonds. The number of hydrogen-bond donors (Lipinski definition) is 1. The van der Waals surface area contributed by atoms with Crippen LogP contribution in [0.1, 0.15) is 58.4 Å². The predicted octanol–water partition coefficient (Wildman–Crippen LogP) is 3.28. The first-order chi connectivity index (χ1) is 15.2. The zero-order chi connectivity index (χ0) is 23.5. The molecular formula is C24H36N2O5S. The quantitative estimate of drug-likeness (QED) is 0.698. The largest absolute Gasteiger partial charge is 0.487 e. The number of likely N-dealkylation sites (N-methyl/N-ethyl adjacent to an activating group) is 1. The molecule has 1 aliphatic carbocycles. The third kappa shape index (κ3) is 5.18. The molecule has 0 saturated heterocycles. The number of amides is 1.